The molecule has 0 atom stereocenters. The Kier molecular flexibility index (Phi) is 3.00. The molecule has 0 aliphatic rings. The molecule has 2 rings (SSSR count). The first-order valence-electron chi connectivity index (χ1n) is 5.02. The predicted molar refractivity (Wildman–Crippen MR) is 61.8 cm³/mol. The fourth-order valence-electron chi connectivity index (χ4n) is 1.41. The maximum absolute atomic E-state index is 5.70. The molecule has 0 unspecified atom stereocenters. The van der Waals surface area contributed by atoms with Crippen LogP contribution in [0, 0.1) is 0 Å². The molecule has 6 nitrogen and oxygen atoms in total. The van der Waals surface area contributed by atoms with Crippen molar-refractivity contribution in [1.82, 2.24) is 19.7 Å². The van der Waals surface area contributed by atoms with Crippen LogP contribution in [0.4, 0.5) is 11.5 Å². The monoisotopic (exact) mass is 218 g/mol. The summed E-state index contributed by atoms with van der Waals surface area (Å²) in [4.78, 5) is 7.87. The maximum Gasteiger partial charge on any atom is 0.152 e. The Bertz CT molecular complexity index is 464. The molecule has 16 heavy (non-hydrogen) atoms. The average molecular weight is 218 g/mol. The third-order valence-electron chi connectivity index (χ3n) is 2.21. The molecule has 0 radical (unpaired) electrons. The van der Waals surface area contributed by atoms with Gasteiger partial charge in [0.05, 0.1) is 18.1 Å². The summed E-state index contributed by atoms with van der Waals surface area (Å²) in [5.74, 6) is 0.680. The molecule has 0 spiro atoms. The molecular weight excluding hydrogens is 204 g/mol. The van der Waals surface area contributed by atoms with Gasteiger partial charge in [-0.15, -0.1) is 0 Å². The van der Waals surface area contributed by atoms with Crippen molar-refractivity contribution < 1.29 is 0 Å². The maximum atomic E-state index is 5.70. The molecule has 2 aromatic heterocycles. The SMILES string of the molecule is Cn1cc(CCNc2ncncc2N)cn1. The van der Waals surface area contributed by atoms with Gasteiger partial charge in [0.1, 0.15) is 6.33 Å². The van der Waals surface area contributed by atoms with Crippen molar-refractivity contribution in [2.24, 2.45) is 7.05 Å². The minimum atomic E-state index is 0.564. The highest BCUT2D eigenvalue weighted by Gasteiger charge is 2.00. The van der Waals surface area contributed by atoms with Crippen LogP contribution in [0.1, 0.15) is 5.56 Å². The fraction of sp³-hybridized carbons (Fsp3) is 0.300. The molecule has 0 aliphatic heterocycles. The van der Waals surface area contributed by atoms with Gasteiger partial charge in [-0.25, -0.2) is 9.97 Å². The number of rotatable bonds is 4. The lowest BCUT2D eigenvalue weighted by Gasteiger charge is -2.05. The van der Waals surface area contributed by atoms with E-state index in [-0.39, 0.29) is 0 Å². The number of nitrogens with one attached hydrogen (secondary N) is 1. The number of aromatic nitrogens is 4. The molecule has 0 aliphatic carbocycles. The highest BCUT2D eigenvalue weighted by molar-refractivity contribution is 5.58. The molecule has 2 heterocycles. The van der Waals surface area contributed by atoms with E-state index < -0.39 is 0 Å². The lowest BCUT2D eigenvalue weighted by Crippen LogP contribution is -2.08. The Morgan fingerprint density at radius 1 is 1.44 bits per heavy atom. The summed E-state index contributed by atoms with van der Waals surface area (Å²) in [6.07, 6.45) is 7.79. The average Bonchev–Trinajstić information content (AvgIpc) is 2.67. The largest absolute Gasteiger partial charge is 0.394 e. The zero-order valence-corrected chi connectivity index (χ0v) is 9.09. The van der Waals surface area contributed by atoms with Gasteiger partial charge in [0.15, 0.2) is 5.82 Å². The van der Waals surface area contributed by atoms with Gasteiger partial charge < -0.3 is 11.1 Å². The first kappa shape index (κ1) is 10.4. The van der Waals surface area contributed by atoms with Gasteiger partial charge in [-0.3, -0.25) is 4.68 Å². The van der Waals surface area contributed by atoms with Crippen molar-refractivity contribution in [3.8, 4) is 0 Å². The number of hydrogen-bond acceptors (Lipinski definition) is 5. The van der Waals surface area contributed by atoms with E-state index >= 15 is 0 Å². The summed E-state index contributed by atoms with van der Waals surface area (Å²) < 4.78 is 1.79. The van der Waals surface area contributed by atoms with Gasteiger partial charge in [-0.05, 0) is 12.0 Å². The first-order valence-corrected chi connectivity index (χ1v) is 5.02. The highest BCUT2D eigenvalue weighted by atomic mass is 15.2. The van der Waals surface area contributed by atoms with Crippen molar-refractivity contribution in [1.29, 1.82) is 0 Å². The Balaban J connectivity index is 1.87. The normalized spacial score (nSPS) is 10.3. The predicted octanol–water partition coefficient (Wildman–Crippen LogP) is 0.447. The van der Waals surface area contributed by atoms with E-state index in [1.54, 1.807) is 10.9 Å². The van der Waals surface area contributed by atoms with Gasteiger partial charge in [0.25, 0.3) is 0 Å². The van der Waals surface area contributed by atoms with Crippen LogP contribution in [0.5, 0.6) is 0 Å². The van der Waals surface area contributed by atoms with Crippen LogP contribution in [0.25, 0.3) is 0 Å². The Hall–Kier alpha value is -2.11. The van der Waals surface area contributed by atoms with Crippen LogP contribution in [0.15, 0.2) is 24.9 Å². The van der Waals surface area contributed by atoms with Crippen molar-refractivity contribution in [2.45, 2.75) is 6.42 Å². The minimum absolute atomic E-state index is 0.564. The topological polar surface area (TPSA) is 81.7 Å². The molecule has 0 bridgehead atoms. The number of hydrogen-bond donors (Lipinski definition) is 2. The van der Waals surface area contributed by atoms with E-state index in [0.29, 0.717) is 11.5 Å². The van der Waals surface area contributed by atoms with E-state index in [4.69, 9.17) is 5.73 Å². The molecule has 0 fully saturated rings. The van der Waals surface area contributed by atoms with Crippen LogP contribution in [-0.2, 0) is 13.5 Å². The van der Waals surface area contributed by atoms with Crippen LogP contribution >= 0.6 is 0 Å². The molecule has 3 N–H and O–H groups in total. The highest BCUT2D eigenvalue weighted by Crippen LogP contribution is 2.11. The summed E-state index contributed by atoms with van der Waals surface area (Å²) in [5.41, 5.74) is 7.45. The molecule has 6 heteroatoms. The van der Waals surface area contributed by atoms with E-state index in [0.717, 1.165) is 13.0 Å². The first-order chi connectivity index (χ1) is 7.75. The molecule has 0 saturated carbocycles. The van der Waals surface area contributed by atoms with E-state index in [9.17, 15) is 0 Å². The molecule has 2 aromatic rings. The van der Waals surface area contributed by atoms with E-state index in [2.05, 4.69) is 20.4 Å². The quantitative estimate of drug-likeness (QED) is 0.778. The van der Waals surface area contributed by atoms with Crippen LogP contribution in [0.2, 0.25) is 0 Å². The molecule has 84 valence electrons. The van der Waals surface area contributed by atoms with Crippen molar-refractivity contribution in [3.63, 3.8) is 0 Å². The number of nitrogens with two attached hydrogens (primary N) is 1. The van der Waals surface area contributed by atoms with E-state index in [1.165, 1.54) is 11.9 Å². The lowest BCUT2D eigenvalue weighted by molar-refractivity contribution is 0.767. The number of nitrogens with zero attached hydrogens (tertiary/aromatic N) is 4. The van der Waals surface area contributed by atoms with Gasteiger partial charge >= 0.3 is 0 Å². The van der Waals surface area contributed by atoms with Crippen molar-refractivity contribution in [3.05, 3.63) is 30.5 Å². The smallest absolute Gasteiger partial charge is 0.152 e. The minimum Gasteiger partial charge on any atom is -0.394 e. The van der Waals surface area contributed by atoms with Crippen molar-refractivity contribution >= 4 is 11.5 Å². The second kappa shape index (κ2) is 4.61. The number of anilines is 2. The van der Waals surface area contributed by atoms with Crippen LogP contribution in [-0.4, -0.2) is 26.3 Å². The van der Waals surface area contributed by atoms with Gasteiger partial charge in [0, 0.05) is 19.8 Å². The van der Waals surface area contributed by atoms with Gasteiger partial charge in [0.2, 0.25) is 0 Å². The van der Waals surface area contributed by atoms with Crippen molar-refractivity contribution in [2.75, 3.05) is 17.6 Å². The Morgan fingerprint density at radius 3 is 3.00 bits per heavy atom. The zero-order chi connectivity index (χ0) is 11.4. The molecule has 0 amide bonds. The Labute approximate surface area is 93.5 Å². The summed E-state index contributed by atoms with van der Waals surface area (Å²) in [6.45, 7) is 0.771. The number of aryl methyl sites for hydroxylation is 1. The molecule has 0 aromatic carbocycles. The molecular formula is C10H14N6. The second-order valence-corrected chi connectivity index (χ2v) is 3.53. The van der Waals surface area contributed by atoms with Gasteiger partial charge in [-0.2, -0.15) is 5.10 Å². The Morgan fingerprint density at radius 2 is 2.31 bits per heavy atom. The summed E-state index contributed by atoms with van der Waals surface area (Å²) in [5, 5.41) is 7.26. The zero-order valence-electron chi connectivity index (χ0n) is 9.09. The van der Waals surface area contributed by atoms with Crippen LogP contribution < -0.4 is 11.1 Å². The molecule has 0 saturated heterocycles. The summed E-state index contributed by atoms with van der Waals surface area (Å²) in [6, 6.07) is 0. The lowest BCUT2D eigenvalue weighted by atomic mass is 10.2. The fourth-order valence-corrected chi connectivity index (χ4v) is 1.41. The third-order valence-corrected chi connectivity index (χ3v) is 2.21. The van der Waals surface area contributed by atoms with Crippen LogP contribution in [0.3, 0.4) is 0 Å². The summed E-state index contributed by atoms with van der Waals surface area (Å²) >= 11 is 0. The summed E-state index contributed by atoms with van der Waals surface area (Å²) in [7, 11) is 1.90. The second-order valence-electron chi connectivity index (χ2n) is 3.53. The third kappa shape index (κ3) is 2.47. The van der Waals surface area contributed by atoms with E-state index in [1.807, 2.05) is 19.4 Å². The standard InChI is InChI=1S/C10H14N6/c1-16-6-8(4-15-16)2-3-13-10-9(11)5-12-7-14-10/h4-7H,2-3,11H2,1H3,(H,12,13,14). The van der Waals surface area contributed by atoms with Gasteiger partial charge in [-0.1, -0.05) is 0 Å². The number of nitrogen functional groups attached to an aromatic ring is 1.